The number of hydrogen-bond donors (Lipinski definition) is 2. The largest absolute Gasteiger partial charge is 0.328 e. The van der Waals surface area contributed by atoms with Crippen molar-refractivity contribution in [3.63, 3.8) is 0 Å². The van der Waals surface area contributed by atoms with Crippen LogP contribution in [-0.2, 0) is 0 Å². The number of carbonyl (C=O) groups excluding carboxylic acids is 1. The van der Waals surface area contributed by atoms with E-state index in [2.05, 4.69) is 46.6 Å². The molecule has 0 aliphatic carbocycles. The number of nitrogens with zero attached hydrogens (tertiary/aromatic N) is 5. The minimum absolute atomic E-state index is 0.0781. The lowest BCUT2D eigenvalue weighted by molar-refractivity contribution is 0.248. The molecule has 11 heteroatoms. The smallest absolute Gasteiger partial charge is 0.319 e. The molecule has 1 aromatic carbocycles. The minimum Gasteiger partial charge on any atom is -0.328 e. The van der Waals surface area contributed by atoms with Gasteiger partial charge in [-0.25, -0.2) is 24.1 Å². The number of carbonyl (C=O) groups is 1. The van der Waals surface area contributed by atoms with E-state index in [1.54, 1.807) is 25.4 Å². The first-order valence-corrected chi connectivity index (χ1v) is 8.52. The summed E-state index contributed by atoms with van der Waals surface area (Å²) in [5.74, 6) is 0.252. The van der Waals surface area contributed by atoms with Crippen molar-refractivity contribution in [2.24, 2.45) is 0 Å². The average Bonchev–Trinajstić information content (AvgIpc) is 3.10. The summed E-state index contributed by atoms with van der Waals surface area (Å²) in [4.78, 5) is 24.6. The molecule has 2 amide bonds. The third-order valence-electron chi connectivity index (χ3n) is 3.31. The van der Waals surface area contributed by atoms with Crippen molar-refractivity contribution in [3.8, 4) is 5.95 Å². The number of amides is 2. The molecule has 0 radical (unpaired) electrons. The SMILES string of the molecule is C[C@H](NC(=O)Nc1cc(Br)c(F)cc1Cl)c1ncnn1-c1ncccn1. The Morgan fingerprint density at radius 2 is 2.04 bits per heavy atom. The average molecular weight is 441 g/mol. The highest BCUT2D eigenvalue weighted by Crippen LogP contribution is 2.28. The number of benzene rings is 1. The van der Waals surface area contributed by atoms with Crippen molar-refractivity contribution in [2.75, 3.05) is 5.32 Å². The van der Waals surface area contributed by atoms with Crippen LogP contribution in [0.2, 0.25) is 5.02 Å². The minimum atomic E-state index is -0.540. The molecule has 3 aromatic rings. The number of anilines is 1. The Balaban J connectivity index is 1.73. The second kappa shape index (κ2) is 7.75. The highest BCUT2D eigenvalue weighted by Gasteiger charge is 2.18. The van der Waals surface area contributed by atoms with Gasteiger partial charge in [0.1, 0.15) is 12.1 Å². The summed E-state index contributed by atoms with van der Waals surface area (Å²) in [6.07, 6.45) is 4.50. The molecule has 0 spiro atoms. The van der Waals surface area contributed by atoms with Gasteiger partial charge in [0.25, 0.3) is 5.95 Å². The van der Waals surface area contributed by atoms with Gasteiger partial charge in [0.2, 0.25) is 0 Å². The molecule has 26 heavy (non-hydrogen) atoms. The lowest BCUT2D eigenvalue weighted by atomic mass is 10.3. The van der Waals surface area contributed by atoms with Gasteiger partial charge in [0, 0.05) is 12.4 Å². The Bertz CT molecular complexity index is 937. The first-order chi connectivity index (χ1) is 12.5. The molecular formula is C15H12BrClFN7O. The van der Waals surface area contributed by atoms with Gasteiger partial charge in [-0.15, -0.1) is 0 Å². The fraction of sp³-hybridized carbons (Fsp3) is 0.133. The summed E-state index contributed by atoms with van der Waals surface area (Å²) in [6, 6.07) is 3.11. The monoisotopic (exact) mass is 439 g/mol. The molecule has 2 aromatic heterocycles. The molecule has 0 unspecified atom stereocenters. The van der Waals surface area contributed by atoms with Crippen molar-refractivity contribution in [3.05, 3.63) is 58.1 Å². The lowest BCUT2D eigenvalue weighted by Gasteiger charge is -2.15. The van der Waals surface area contributed by atoms with Gasteiger partial charge in [-0.05, 0) is 41.1 Å². The van der Waals surface area contributed by atoms with Crippen LogP contribution in [0.4, 0.5) is 14.9 Å². The maximum atomic E-state index is 13.4. The Kier molecular flexibility index (Phi) is 5.43. The van der Waals surface area contributed by atoms with Crippen molar-refractivity contribution < 1.29 is 9.18 Å². The van der Waals surface area contributed by atoms with Crippen LogP contribution in [0, 0.1) is 5.82 Å². The molecule has 0 saturated heterocycles. The van der Waals surface area contributed by atoms with Gasteiger partial charge < -0.3 is 10.6 Å². The highest BCUT2D eigenvalue weighted by atomic mass is 79.9. The van der Waals surface area contributed by atoms with Crippen LogP contribution in [0.3, 0.4) is 0 Å². The molecule has 0 saturated carbocycles. The molecule has 2 heterocycles. The number of aromatic nitrogens is 5. The second-order valence-electron chi connectivity index (χ2n) is 5.15. The maximum absolute atomic E-state index is 13.4. The number of rotatable bonds is 4. The van der Waals surface area contributed by atoms with E-state index in [1.807, 2.05) is 0 Å². The highest BCUT2D eigenvalue weighted by molar-refractivity contribution is 9.10. The summed E-state index contributed by atoms with van der Waals surface area (Å²) in [6.45, 7) is 1.73. The Labute approximate surface area is 161 Å². The molecule has 8 nitrogen and oxygen atoms in total. The molecular weight excluding hydrogens is 429 g/mol. The van der Waals surface area contributed by atoms with E-state index in [4.69, 9.17) is 11.6 Å². The molecule has 0 fully saturated rings. The third-order valence-corrected chi connectivity index (χ3v) is 4.23. The summed E-state index contributed by atoms with van der Waals surface area (Å²) < 4.78 is 15.0. The van der Waals surface area contributed by atoms with Crippen molar-refractivity contribution in [1.29, 1.82) is 0 Å². The molecule has 0 aliphatic heterocycles. The predicted octanol–water partition coefficient (Wildman–Crippen LogP) is 3.50. The van der Waals surface area contributed by atoms with Crippen LogP contribution >= 0.6 is 27.5 Å². The molecule has 3 rings (SSSR count). The van der Waals surface area contributed by atoms with E-state index in [-0.39, 0.29) is 15.2 Å². The van der Waals surface area contributed by atoms with Gasteiger partial charge in [-0.3, -0.25) is 0 Å². The predicted molar refractivity (Wildman–Crippen MR) is 96.6 cm³/mol. The van der Waals surface area contributed by atoms with Gasteiger partial charge >= 0.3 is 6.03 Å². The van der Waals surface area contributed by atoms with Gasteiger partial charge in [0.05, 0.1) is 21.2 Å². The quantitative estimate of drug-likeness (QED) is 0.605. The van der Waals surface area contributed by atoms with Gasteiger partial charge in [-0.2, -0.15) is 9.78 Å². The van der Waals surface area contributed by atoms with Crippen LogP contribution < -0.4 is 10.6 Å². The first kappa shape index (κ1) is 18.2. The third kappa shape index (κ3) is 3.97. The Morgan fingerprint density at radius 3 is 2.77 bits per heavy atom. The molecule has 2 N–H and O–H groups in total. The number of nitrogens with one attached hydrogen (secondary N) is 2. The zero-order valence-electron chi connectivity index (χ0n) is 13.3. The van der Waals surface area contributed by atoms with Crippen LogP contribution in [-0.4, -0.2) is 30.8 Å². The molecule has 1 atom stereocenters. The lowest BCUT2D eigenvalue weighted by Crippen LogP contribution is -2.32. The van der Waals surface area contributed by atoms with Crippen molar-refractivity contribution in [1.82, 2.24) is 30.0 Å². The van der Waals surface area contributed by atoms with Crippen LogP contribution in [0.1, 0.15) is 18.8 Å². The topological polar surface area (TPSA) is 97.6 Å². The van der Waals surface area contributed by atoms with Crippen LogP contribution in [0.15, 0.2) is 41.4 Å². The summed E-state index contributed by atoms with van der Waals surface area (Å²) in [5, 5.41) is 9.42. The molecule has 0 aliphatic rings. The summed E-state index contributed by atoms with van der Waals surface area (Å²) >= 11 is 8.99. The number of hydrogen-bond acceptors (Lipinski definition) is 5. The van der Waals surface area contributed by atoms with Crippen LogP contribution in [0.5, 0.6) is 0 Å². The van der Waals surface area contributed by atoms with Crippen molar-refractivity contribution in [2.45, 2.75) is 13.0 Å². The van der Waals surface area contributed by atoms with E-state index in [9.17, 15) is 9.18 Å². The van der Waals surface area contributed by atoms with E-state index in [0.29, 0.717) is 11.8 Å². The molecule has 0 bridgehead atoms. The first-order valence-electron chi connectivity index (χ1n) is 7.35. The fourth-order valence-electron chi connectivity index (χ4n) is 2.14. The fourth-order valence-corrected chi connectivity index (χ4v) is 2.68. The van der Waals surface area contributed by atoms with E-state index in [0.717, 1.165) is 6.07 Å². The maximum Gasteiger partial charge on any atom is 0.319 e. The number of halogens is 3. The van der Waals surface area contributed by atoms with Gasteiger partial charge in [0.15, 0.2) is 5.82 Å². The summed E-state index contributed by atoms with van der Waals surface area (Å²) in [5.41, 5.74) is 0.262. The summed E-state index contributed by atoms with van der Waals surface area (Å²) in [7, 11) is 0. The second-order valence-corrected chi connectivity index (χ2v) is 6.41. The van der Waals surface area contributed by atoms with Crippen LogP contribution in [0.25, 0.3) is 5.95 Å². The van der Waals surface area contributed by atoms with E-state index in [1.165, 1.54) is 17.1 Å². The zero-order chi connectivity index (χ0) is 18.7. The standard InChI is InChI=1S/C15H12BrClFN7O/c1-8(13-21-7-22-25(13)14-19-3-2-4-20-14)23-15(26)24-12-5-9(16)11(18)6-10(12)17/h2-8H,1H3,(H2,23,24,26)/t8-/m0/s1. The zero-order valence-corrected chi connectivity index (χ0v) is 15.7. The molecule has 134 valence electrons. The normalized spacial score (nSPS) is 11.8. The Morgan fingerprint density at radius 1 is 1.31 bits per heavy atom. The number of urea groups is 1. The van der Waals surface area contributed by atoms with Crippen molar-refractivity contribution >= 4 is 39.2 Å². The van der Waals surface area contributed by atoms with E-state index >= 15 is 0 Å². The Hall–Kier alpha value is -2.59. The van der Waals surface area contributed by atoms with E-state index < -0.39 is 17.9 Å². The van der Waals surface area contributed by atoms with Gasteiger partial charge in [-0.1, -0.05) is 11.6 Å².